The van der Waals surface area contributed by atoms with E-state index >= 15 is 0 Å². The number of ether oxygens (including phenoxy) is 5. The summed E-state index contributed by atoms with van der Waals surface area (Å²) in [5.74, 6) is 0. The molecule has 1 aliphatic rings. The van der Waals surface area contributed by atoms with Crippen molar-refractivity contribution in [3.63, 3.8) is 0 Å². The summed E-state index contributed by atoms with van der Waals surface area (Å²) in [6.07, 6.45) is 3.03. The van der Waals surface area contributed by atoms with Crippen molar-refractivity contribution in [2.24, 2.45) is 0 Å². The Kier molecular flexibility index (Phi) is 8.68. The molecule has 28 heavy (non-hydrogen) atoms. The van der Waals surface area contributed by atoms with Crippen molar-refractivity contribution in [1.29, 1.82) is 0 Å². The Labute approximate surface area is 166 Å². The summed E-state index contributed by atoms with van der Waals surface area (Å²) in [7, 11) is 1.65. The Morgan fingerprint density at radius 2 is 1.46 bits per heavy atom. The second-order valence-electron chi connectivity index (χ2n) is 6.55. The van der Waals surface area contributed by atoms with Crippen LogP contribution in [-0.2, 0) is 36.9 Å². The van der Waals surface area contributed by atoms with Gasteiger partial charge in [-0.25, -0.2) is 0 Å². The van der Waals surface area contributed by atoms with Crippen molar-refractivity contribution in [2.45, 2.75) is 31.7 Å². The van der Waals surface area contributed by atoms with Crippen molar-refractivity contribution in [3.8, 4) is 0 Å². The van der Waals surface area contributed by atoms with E-state index in [-0.39, 0.29) is 12.2 Å². The van der Waals surface area contributed by atoms with Crippen molar-refractivity contribution < 1.29 is 23.7 Å². The van der Waals surface area contributed by atoms with Crippen LogP contribution in [0, 0.1) is 0 Å². The van der Waals surface area contributed by atoms with Gasteiger partial charge in [0.15, 0.2) is 6.29 Å². The van der Waals surface area contributed by atoms with Gasteiger partial charge < -0.3 is 23.7 Å². The van der Waals surface area contributed by atoms with Crippen LogP contribution in [0.3, 0.4) is 0 Å². The first-order chi connectivity index (χ1) is 13.8. The van der Waals surface area contributed by atoms with Crippen LogP contribution in [0.25, 0.3) is 0 Å². The quantitative estimate of drug-likeness (QED) is 0.436. The maximum Gasteiger partial charge on any atom is 0.177 e. The van der Waals surface area contributed by atoms with Crippen LogP contribution in [0.2, 0.25) is 0 Å². The third-order valence-corrected chi connectivity index (χ3v) is 4.38. The zero-order chi connectivity index (χ0) is 19.4. The smallest absolute Gasteiger partial charge is 0.177 e. The zero-order valence-corrected chi connectivity index (χ0v) is 16.2. The highest BCUT2D eigenvalue weighted by Crippen LogP contribution is 2.19. The lowest BCUT2D eigenvalue weighted by atomic mass is 10.1. The number of methoxy groups -OCH3 is 1. The molecule has 0 amide bonds. The standard InChI is InChI=1S/C23H28O5/c1-24-14-15-26-23-13-12-21(27-17-20-10-6-3-7-11-20)22(28-23)18-25-16-19-8-4-2-5-9-19/h2-13,21-23H,14-18H2,1H3/t21-,22-,23+/m1/s1. The number of benzene rings is 2. The van der Waals surface area contributed by atoms with E-state index in [0.29, 0.717) is 33.0 Å². The van der Waals surface area contributed by atoms with E-state index in [1.54, 1.807) is 7.11 Å². The average molecular weight is 384 g/mol. The minimum Gasteiger partial charge on any atom is -0.382 e. The van der Waals surface area contributed by atoms with Gasteiger partial charge in [0, 0.05) is 7.11 Å². The van der Waals surface area contributed by atoms with Crippen molar-refractivity contribution in [3.05, 3.63) is 83.9 Å². The molecule has 2 aromatic carbocycles. The molecule has 0 aliphatic carbocycles. The lowest BCUT2D eigenvalue weighted by molar-refractivity contribution is -0.197. The molecule has 3 atom stereocenters. The van der Waals surface area contributed by atoms with Crippen LogP contribution in [0.4, 0.5) is 0 Å². The topological polar surface area (TPSA) is 46.2 Å². The van der Waals surface area contributed by atoms with Crippen molar-refractivity contribution >= 4 is 0 Å². The lowest BCUT2D eigenvalue weighted by Crippen LogP contribution is -2.41. The summed E-state index contributed by atoms with van der Waals surface area (Å²) in [6.45, 7) is 2.47. The van der Waals surface area contributed by atoms with E-state index in [1.165, 1.54) is 0 Å². The fourth-order valence-electron chi connectivity index (χ4n) is 2.89. The Bertz CT molecular complexity index is 689. The highest BCUT2D eigenvalue weighted by molar-refractivity contribution is 5.14. The second-order valence-corrected chi connectivity index (χ2v) is 6.55. The SMILES string of the molecule is COCCO[C@@H]1C=C[C@@H](OCc2ccccc2)[C@@H](COCc2ccccc2)O1. The van der Waals surface area contributed by atoms with Crippen LogP contribution >= 0.6 is 0 Å². The van der Waals surface area contributed by atoms with Crippen LogP contribution < -0.4 is 0 Å². The van der Waals surface area contributed by atoms with Crippen LogP contribution in [-0.4, -0.2) is 45.4 Å². The Hall–Kier alpha value is -2.02. The summed E-state index contributed by atoms with van der Waals surface area (Å²) in [6, 6.07) is 20.2. The lowest BCUT2D eigenvalue weighted by Gasteiger charge is -2.32. The first-order valence-electron chi connectivity index (χ1n) is 9.56. The van der Waals surface area contributed by atoms with Crippen molar-refractivity contribution in [1.82, 2.24) is 0 Å². The largest absolute Gasteiger partial charge is 0.382 e. The Morgan fingerprint density at radius 1 is 0.786 bits per heavy atom. The second kappa shape index (κ2) is 11.7. The molecule has 0 saturated carbocycles. The molecular weight excluding hydrogens is 356 g/mol. The van der Waals surface area contributed by atoms with Gasteiger partial charge in [0.05, 0.1) is 33.0 Å². The number of hydrogen-bond donors (Lipinski definition) is 0. The van der Waals surface area contributed by atoms with Gasteiger partial charge in [-0.1, -0.05) is 66.7 Å². The summed E-state index contributed by atoms with van der Waals surface area (Å²) in [5, 5.41) is 0. The summed E-state index contributed by atoms with van der Waals surface area (Å²) >= 11 is 0. The number of hydrogen-bond acceptors (Lipinski definition) is 5. The van der Waals surface area contributed by atoms with Gasteiger partial charge in [0.1, 0.15) is 12.2 Å². The van der Waals surface area contributed by atoms with Gasteiger partial charge in [0.2, 0.25) is 0 Å². The van der Waals surface area contributed by atoms with E-state index in [9.17, 15) is 0 Å². The molecular formula is C23H28O5. The van der Waals surface area contributed by atoms with E-state index in [4.69, 9.17) is 23.7 Å². The van der Waals surface area contributed by atoms with Crippen LogP contribution in [0.5, 0.6) is 0 Å². The van der Waals surface area contributed by atoms with Gasteiger partial charge in [-0.05, 0) is 17.2 Å². The molecule has 0 unspecified atom stereocenters. The zero-order valence-electron chi connectivity index (χ0n) is 16.2. The molecule has 0 aromatic heterocycles. The van der Waals surface area contributed by atoms with E-state index in [1.807, 2.05) is 72.8 Å². The Balaban J connectivity index is 1.54. The Morgan fingerprint density at radius 3 is 2.14 bits per heavy atom. The first kappa shape index (κ1) is 20.7. The molecule has 1 heterocycles. The fraction of sp³-hybridized carbons (Fsp3) is 0.391. The third-order valence-electron chi connectivity index (χ3n) is 4.38. The molecule has 0 bridgehead atoms. The maximum absolute atomic E-state index is 6.09. The molecule has 5 nitrogen and oxygen atoms in total. The minimum absolute atomic E-state index is 0.196. The molecule has 0 radical (unpaired) electrons. The highest BCUT2D eigenvalue weighted by Gasteiger charge is 2.28. The van der Waals surface area contributed by atoms with E-state index in [0.717, 1.165) is 11.1 Å². The molecule has 3 rings (SSSR count). The predicted molar refractivity (Wildman–Crippen MR) is 107 cm³/mol. The minimum atomic E-state index is -0.419. The molecule has 1 aliphatic heterocycles. The van der Waals surface area contributed by atoms with E-state index < -0.39 is 6.29 Å². The number of rotatable bonds is 11. The highest BCUT2D eigenvalue weighted by atomic mass is 16.7. The van der Waals surface area contributed by atoms with Gasteiger partial charge in [0.25, 0.3) is 0 Å². The van der Waals surface area contributed by atoms with Gasteiger partial charge in [-0.3, -0.25) is 0 Å². The van der Waals surface area contributed by atoms with Gasteiger partial charge >= 0.3 is 0 Å². The summed E-state index contributed by atoms with van der Waals surface area (Å²) in [4.78, 5) is 0. The molecule has 150 valence electrons. The normalized spacial score (nSPS) is 21.7. The van der Waals surface area contributed by atoms with Crippen molar-refractivity contribution in [2.75, 3.05) is 26.9 Å². The van der Waals surface area contributed by atoms with Crippen LogP contribution in [0.15, 0.2) is 72.8 Å². The molecule has 0 spiro atoms. The van der Waals surface area contributed by atoms with E-state index in [2.05, 4.69) is 0 Å². The maximum atomic E-state index is 6.09. The monoisotopic (exact) mass is 384 g/mol. The fourth-order valence-corrected chi connectivity index (χ4v) is 2.89. The predicted octanol–water partition coefficient (Wildman–Crippen LogP) is 3.73. The van der Waals surface area contributed by atoms with Crippen LogP contribution in [0.1, 0.15) is 11.1 Å². The van der Waals surface area contributed by atoms with Gasteiger partial charge in [-0.15, -0.1) is 0 Å². The molecule has 0 fully saturated rings. The van der Waals surface area contributed by atoms with Gasteiger partial charge in [-0.2, -0.15) is 0 Å². The third kappa shape index (κ3) is 6.86. The average Bonchev–Trinajstić information content (AvgIpc) is 2.75. The first-order valence-corrected chi connectivity index (χ1v) is 9.56. The molecule has 2 aromatic rings. The molecule has 0 saturated heterocycles. The summed E-state index contributed by atoms with van der Waals surface area (Å²) in [5.41, 5.74) is 2.25. The summed E-state index contributed by atoms with van der Waals surface area (Å²) < 4.78 is 28.8. The molecule has 5 heteroatoms. The molecule has 0 N–H and O–H groups in total.